The van der Waals surface area contributed by atoms with Crippen LogP contribution in [0.1, 0.15) is 63.5 Å². The molecule has 1 atom stereocenters. The molecule has 0 bridgehead atoms. The van der Waals surface area contributed by atoms with Gasteiger partial charge in [0.15, 0.2) is 9.84 Å². The quantitative estimate of drug-likeness (QED) is 0.891. The van der Waals surface area contributed by atoms with E-state index in [0.717, 1.165) is 16.8 Å². The lowest BCUT2D eigenvalue weighted by molar-refractivity contribution is -0.116. The van der Waals surface area contributed by atoms with Crippen molar-refractivity contribution in [2.75, 3.05) is 16.8 Å². The Hall–Kier alpha value is -1.36. The van der Waals surface area contributed by atoms with E-state index in [1.165, 1.54) is 0 Å². The summed E-state index contributed by atoms with van der Waals surface area (Å²) in [4.78, 5) is 12.4. The second-order valence-corrected chi connectivity index (χ2v) is 9.37. The minimum absolute atomic E-state index is 0.0475. The summed E-state index contributed by atoms with van der Waals surface area (Å²) in [7, 11) is -2.94. The van der Waals surface area contributed by atoms with Crippen LogP contribution in [0.25, 0.3) is 0 Å². The number of para-hydroxylation sites is 1. The summed E-state index contributed by atoms with van der Waals surface area (Å²) in [5, 5.41) is 3.06. The van der Waals surface area contributed by atoms with E-state index in [1.807, 2.05) is 18.2 Å². The van der Waals surface area contributed by atoms with E-state index in [2.05, 4.69) is 33.0 Å². The Kier molecular flexibility index (Phi) is 5.50. The molecule has 1 aromatic carbocycles. The normalized spacial score (nSPS) is 20.2. The van der Waals surface area contributed by atoms with Crippen molar-refractivity contribution in [3.05, 3.63) is 29.3 Å². The first kappa shape index (κ1) is 18.0. The number of carbonyl (C=O) groups is 1. The topological polar surface area (TPSA) is 63.2 Å². The lowest BCUT2D eigenvalue weighted by atomic mass is 9.92. The van der Waals surface area contributed by atoms with Gasteiger partial charge < -0.3 is 5.32 Å². The molecule has 1 amide bonds. The molecule has 0 spiro atoms. The predicted octanol–water partition coefficient (Wildman–Crippen LogP) is 3.70. The summed E-state index contributed by atoms with van der Waals surface area (Å²) in [6, 6.07) is 6.13. The Bertz CT molecular complexity index is 651. The maximum Gasteiger partial charge on any atom is 0.224 e. The monoisotopic (exact) mass is 337 g/mol. The van der Waals surface area contributed by atoms with Crippen LogP contribution in [-0.2, 0) is 14.6 Å². The Balaban J connectivity index is 2.17. The molecule has 1 aromatic rings. The summed E-state index contributed by atoms with van der Waals surface area (Å²) in [5.41, 5.74) is 3.16. The van der Waals surface area contributed by atoms with Crippen molar-refractivity contribution in [3.63, 3.8) is 0 Å². The standard InChI is InChI=1S/C18H27NO3S/c1-12(2)15-6-5-7-16(13(3)4)18(15)19-17(20)10-14-8-9-23(21,22)11-14/h5-7,12-14H,8-11H2,1-4H3,(H,19,20)/t14-/m0/s1. The van der Waals surface area contributed by atoms with Crippen LogP contribution in [0.2, 0.25) is 0 Å². The summed E-state index contributed by atoms with van der Waals surface area (Å²) in [6.07, 6.45) is 0.877. The first-order valence-electron chi connectivity index (χ1n) is 8.32. The zero-order valence-electron chi connectivity index (χ0n) is 14.4. The van der Waals surface area contributed by atoms with Gasteiger partial charge in [-0.1, -0.05) is 45.9 Å². The van der Waals surface area contributed by atoms with Gasteiger partial charge in [-0.25, -0.2) is 8.42 Å². The molecule has 0 aliphatic carbocycles. The number of hydrogen-bond donors (Lipinski definition) is 1. The van der Waals surface area contributed by atoms with E-state index in [9.17, 15) is 13.2 Å². The molecule has 2 rings (SSSR count). The number of nitrogens with one attached hydrogen (secondary N) is 1. The fourth-order valence-electron chi connectivity index (χ4n) is 3.18. The summed E-state index contributed by atoms with van der Waals surface area (Å²) < 4.78 is 23.1. The summed E-state index contributed by atoms with van der Waals surface area (Å²) in [5.74, 6) is 0.858. The van der Waals surface area contributed by atoms with Crippen LogP contribution < -0.4 is 5.32 Å². The summed E-state index contributed by atoms with van der Waals surface area (Å²) >= 11 is 0. The van der Waals surface area contributed by atoms with Crippen molar-refractivity contribution in [1.82, 2.24) is 0 Å². The lowest BCUT2D eigenvalue weighted by Crippen LogP contribution is -2.19. The van der Waals surface area contributed by atoms with Gasteiger partial charge in [-0.2, -0.15) is 0 Å². The highest BCUT2D eigenvalue weighted by molar-refractivity contribution is 7.91. The molecule has 0 unspecified atom stereocenters. The third kappa shape index (κ3) is 4.56. The fraction of sp³-hybridized carbons (Fsp3) is 0.611. The largest absolute Gasteiger partial charge is 0.326 e. The number of carbonyl (C=O) groups excluding carboxylic acids is 1. The van der Waals surface area contributed by atoms with Gasteiger partial charge in [0.05, 0.1) is 11.5 Å². The Labute approximate surface area is 139 Å². The van der Waals surface area contributed by atoms with E-state index in [0.29, 0.717) is 18.3 Å². The summed E-state index contributed by atoms with van der Waals surface area (Å²) in [6.45, 7) is 8.44. The molecule has 5 heteroatoms. The van der Waals surface area contributed by atoms with Gasteiger partial charge in [0.1, 0.15) is 0 Å². The van der Waals surface area contributed by atoms with E-state index in [1.54, 1.807) is 0 Å². The number of hydrogen-bond acceptors (Lipinski definition) is 3. The van der Waals surface area contributed by atoms with E-state index >= 15 is 0 Å². The first-order chi connectivity index (χ1) is 10.7. The molecule has 0 aromatic heterocycles. The van der Waals surface area contributed by atoms with Crippen LogP contribution in [-0.4, -0.2) is 25.8 Å². The SMILES string of the molecule is CC(C)c1cccc(C(C)C)c1NC(=O)C[C@@H]1CCS(=O)(=O)C1. The smallest absolute Gasteiger partial charge is 0.224 e. The first-order valence-corrected chi connectivity index (χ1v) is 10.1. The van der Waals surface area contributed by atoms with Gasteiger partial charge in [0.25, 0.3) is 0 Å². The maximum absolute atomic E-state index is 12.4. The minimum Gasteiger partial charge on any atom is -0.326 e. The molecule has 0 radical (unpaired) electrons. The van der Waals surface area contributed by atoms with Crippen molar-refractivity contribution in [2.24, 2.45) is 5.92 Å². The molecule has 4 nitrogen and oxygen atoms in total. The highest BCUT2D eigenvalue weighted by Gasteiger charge is 2.29. The van der Waals surface area contributed by atoms with Crippen molar-refractivity contribution in [1.29, 1.82) is 0 Å². The number of rotatable bonds is 5. The van der Waals surface area contributed by atoms with Gasteiger partial charge in [0.2, 0.25) is 5.91 Å². The second-order valence-electron chi connectivity index (χ2n) is 7.14. The van der Waals surface area contributed by atoms with Gasteiger partial charge >= 0.3 is 0 Å². The molecule has 1 heterocycles. The van der Waals surface area contributed by atoms with Crippen LogP contribution in [0.5, 0.6) is 0 Å². The molecule has 1 fully saturated rings. The van der Waals surface area contributed by atoms with Crippen molar-refractivity contribution >= 4 is 21.4 Å². The average molecular weight is 337 g/mol. The average Bonchev–Trinajstić information content (AvgIpc) is 2.77. The van der Waals surface area contributed by atoms with Crippen molar-refractivity contribution in [3.8, 4) is 0 Å². The number of amides is 1. The van der Waals surface area contributed by atoms with Crippen molar-refractivity contribution in [2.45, 2.75) is 52.4 Å². The van der Waals surface area contributed by atoms with Crippen LogP contribution >= 0.6 is 0 Å². The van der Waals surface area contributed by atoms with Crippen LogP contribution in [0.3, 0.4) is 0 Å². The van der Waals surface area contributed by atoms with Gasteiger partial charge in [0, 0.05) is 12.1 Å². The van der Waals surface area contributed by atoms with Gasteiger partial charge in [-0.15, -0.1) is 0 Å². The zero-order chi connectivity index (χ0) is 17.2. The highest BCUT2D eigenvalue weighted by atomic mass is 32.2. The lowest BCUT2D eigenvalue weighted by Gasteiger charge is -2.20. The van der Waals surface area contributed by atoms with Gasteiger partial charge in [-0.05, 0) is 35.3 Å². The Morgan fingerprint density at radius 2 is 1.74 bits per heavy atom. The molecule has 23 heavy (non-hydrogen) atoms. The number of anilines is 1. The third-order valence-corrected chi connectivity index (χ3v) is 6.28. The molecule has 1 aliphatic rings. The van der Waals surface area contributed by atoms with E-state index < -0.39 is 9.84 Å². The zero-order valence-corrected chi connectivity index (χ0v) is 15.2. The van der Waals surface area contributed by atoms with Gasteiger partial charge in [-0.3, -0.25) is 4.79 Å². The van der Waals surface area contributed by atoms with Crippen LogP contribution in [0.4, 0.5) is 5.69 Å². The molecule has 1 aliphatic heterocycles. The predicted molar refractivity (Wildman–Crippen MR) is 94.6 cm³/mol. The molecular weight excluding hydrogens is 310 g/mol. The highest BCUT2D eigenvalue weighted by Crippen LogP contribution is 2.33. The van der Waals surface area contributed by atoms with E-state index in [4.69, 9.17) is 0 Å². The Morgan fingerprint density at radius 1 is 1.17 bits per heavy atom. The van der Waals surface area contributed by atoms with Crippen molar-refractivity contribution < 1.29 is 13.2 Å². The number of sulfone groups is 1. The fourth-order valence-corrected chi connectivity index (χ4v) is 5.04. The van der Waals surface area contributed by atoms with Crippen LogP contribution in [0, 0.1) is 5.92 Å². The third-order valence-electron chi connectivity index (χ3n) is 4.44. The molecule has 128 valence electrons. The van der Waals surface area contributed by atoms with Crippen LogP contribution in [0.15, 0.2) is 18.2 Å². The maximum atomic E-state index is 12.4. The molecule has 0 saturated carbocycles. The van der Waals surface area contributed by atoms with E-state index in [-0.39, 0.29) is 29.8 Å². The molecular formula is C18H27NO3S. The minimum atomic E-state index is -2.94. The Morgan fingerprint density at radius 3 is 2.17 bits per heavy atom. The number of benzene rings is 1. The molecule has 1 N–H and O–H groups in total. The molecule has 1 saturated heterocycles. The second kappa shape index (κ2) is 7.04.